The molecule has 0 rings (SSSR count). The van der Waals surface area contributed by atoms with E-state index in [-0.39, 0.29) is 0 Å². The number of hydrogen-bond donors (Lipinski definition) is 1. The molecule has 0 amide bonds. The Bertz CT molecular complexity index is 288. The minimum atomic E-state index is -4.16. The van der Waals surface area contributed by atoms with Gasteiger partial charge in [-0.15, -0.1) is 0 Å². The van der Waals surface area contributed by atoms with Gasteiger partial charge in [0.1, 0.15) is 0 Å². The van der Waals surface area contributed by atoms with E-state index >= 15 is 0 Å². The molecule has 0 aromatic rings. The van der Waals surface area contributed by atoms with Crippen LogP contribution in [0.25, 0.3) is 0 Å². The first kappa shape index (κ1) is 15.2. The second-order valence-corrected chi connectivity index (χ2v) is 4.01. The average molecular weight is 238 g/mol. The summed E-state index contributed by atoms with van der Waals surface area (Å²) in [6, 6.07) is 0. The molecule has 0 bridgehead atoms. The van der Waals surface area contributed by atoms with E-state index in [2.05, 4.69) is 12.5 Å². The maximum absolute atomic E-state index is 9.92. The van der Waals surface area contributed by atoms with Crippen LogP contribution in [0.4, 0.5) is 0 Å². The third-order valence-electron chi connectivity index (χ3n) is 0.619. The Morgan fingerprint density at radius 2 is 1.08 bits per heavy atom. The first-order chi connectivity index (χ1) is 5.68. The predicted molar refractivity (Wildman–Crippen MR) is 41.5 cm³/mol. The van der Waals surface area contributed by atoms with Crippen LogP contribution in [0, 0.1) is 0 Å². The van der Waals surface area contributed by atoms with Crippen molar-refractivity contribution in [3.63, 3.8) is 0 Å². The topological polar surface area (TPSA) is 116 Å². The van der Waals surface area contributed by atoms with E-state index in [0.29, 0.717) is 0 Å². The number of rotatable bonds is 3. The summed E-state index contributed by atoms with van der Waals surface area (Å²) in [5, 5.41) is 0. The van der Waals surface area contributed by atoms with Gasteiger partial charge in [-0.3, -0.25) is 17.1 Å². The lowest BCUT2D eigenvalue weighted by Gasteiger charge is -1.91. The van der Waals surface area contributed by atoms with Gasteiger partial charge in [0, 0.05) is 0 Å². The van der Waals surface area contributed by atoms with Gasteiger partial charge >= 0.3 is 20.8 Å². The molecule has 8 nitrogen and oxygen atoms in total. The molecule has 0 saturated heterocycles. The minimum Gasteiger partial charge on any atom is -0.264 e. The molecule has 0 aliphatic rings. The Balaban J connectivity index is 0. The van der Waals surface area contributed by atoms with Crippen molar-refractivity contribution in [2.75, 3.05) is 21.3 Å². The van der Waals surface area contributed by atoms with Crippen molar-refractivity contribution in [2.45, 2.75) is 0 Å². The molecule has 1 N–H and O–H groups in total. The minimum absolute atomic E-state index is 0.870. The highest BCUT2D eigenvalue weighted by atomic mass is 32.3. The molecule has 0 aliphatic heterocycles. The van der Waals surface area contributed by atoms with E-state index in [1.165, 1.54) is 0 Å². The largest absolute Gasteiger partial charge is 0.399 e. The third-order valence-corrected chi connectivity index (χ3v) is 1.86. The molecule has 0 radical (unpaired) electrons. The molecular formula is C3H10O8S2. The summed E-state index contributed by atoms with van der Waals surface area (Å²) < 4.78 is 57.2. The fourth-order valence-electron chi connectivity index (χ4n) is 0.0680. The lowest BCUT2D eigenvalue weighted by Crippen LogP contribution is -2.02. The molecule has 0 spiro atoms. The molecule has 0 aromatic heterocycles. The van der Waals surface area contributed by atoms with Crippen molar-refractivity contribution < 1.29 is 33.9 Å². The van der Waals surface area contributed by atoms with E-state index in [1.54, 1.807) is 0 Å². The zero-order chi connectivity index (χ0) is 11.1. The van der Waals surface area contributed by atoms with Gasteiger partial charge in [0.2, 0.25) is 0 Å². The van der Waals surface area contributed by atoms with E-state index in [0.717, 1.165) is 21.3 Å². The molecule has 0 unspecified atom stereocenters. The molecule has 0 heterocycles. The van der Waals surface area contributed by atoms with Gasteiger partial charge in [-0.25, -0.2) is 0 Å². The average Bonchev–Trinajstić information content (AvgIpc) is 2.04. The molecule has 10 heteroatoms. The highest BCUT2D eigenvalue weighted by molar-refractivity contribution is 7.81. The SMILES string of the molecule is COS(=O)(=O)O.COS(=O)(=O)OC. The Kier molecular flexibility index (Phi) is 7.30. The van der Waals surface area contributed by atoms with Crippen LogP contribution in [-0.4, -0.2) is 42.7 Å². The lowest BCUT2D eigenvalue weighted by atomic mass is 11.8. The van der Waals surface area contributed by atoms with Crippen molar-refractivity contribution in [1.82, 2.24) is 0 Å². The van der Waals surface area contributed by atoms with Crippen LogP contribution in [0.1, 0.15) is 0 Å². The monoisotopic (exact) mass is 238 g/mol. The molecule has 0 fully saturated rings. The van der Waals surface area contributed by atoms with Gasteiger partial charge in [0.25, 0.3) is 0 Å². The Hall–Kier alpha value is -0.260. The zero-order valence-corrected chi connectivity index (χ0v) is 8.75. The Labute approximate surface area is 76.7 Å². The summed E-state index contributed by atoms with van der Waals surface area (Å²) >= 11 is 0. The molecule has 82 valence electrons. The van der Waals surface area contributed by atoms with Crippen molar-refractivity contribution in [1.29, 1.82) is 0 Å². The van der Waals surface area contributed by atoms with Crippen LogP contribution < -0.4 is 0 Å². The highest BCUT2D eigenvalue weighted by Gasteiger charge is 2.01. The molecule has 0 atom stereocenters. The summed E-state index contributed by atoms with van der Waals surface area (Å²) in [5.41, 5.74) is 0. The van der Waals surface area contributed by atoms with E-state index in [1.807, 2.05) is 0 Å². The maximum Gasteiger partial charge on any atom is 0.399 e. The first-order valence-corrected chi connectivity index (χ1v) is 5.27. The van der Waals surface area contributed by atoms with Gasteiger partial charge in [-0.1, -0.05) is 0 Å². The molecule has 0 saturated carbocycles. The smallest absolute Gasteiger partial charge is 0.264 e. The summed E-state index contributed by atoms with van der Waals surface area (Å²) in [7, 11) is -4.90. The maximum atomic E-state index is 9.92. The fraction of sp³-hybridized carbons (Fsp3) is 1.00. The Morgan fingerprint density at radius 3 is 1.08 bits per heavy atom. The summed E-state index contributed by atoms with van der Waals surface area (Å²) in [6.07, 6.45) is 0. The van der Waals surface area contributed by atoms with E-state index in [4.69, 9.17) is 4.55 Å². The van der Waals surface area contributed by atoms with Crippen LogP contribution >= 0.6 is 0 Å². The predicted octanol–water partition coefficient (Wildman–Crippen LogP) is -1.04. The van der Waals surface area contributed by atoms with Gasteiger partial charge in [-0.2, -0.15) is 16.8 Å². The summed E-state index contributed by atoms with van der Waals surface area (Å²) in [5.74, 6) is 0. The van der Waals surface area contributed by atoms with E-state index < -0.39 is 20.8 Å². The molecule has 13 heavy (non-hydrogen) atoms. The Morgan fingerprint density at radius 1 is 0.846 bits per heavy atom. The van der Waals surface area contributed by atoms with Crippen LogP contribution in [-0.2, 0) is 33.3 Å². The first-order valence-electron chi connectivity index (χ1n) is 2.57. The highest BCUT2D eigenvalue weighted by Crippen LogP contribution is 1.85. The van der Waals surface area contributed by atoms with Gasteiger partial charge in [0.15, 0.2) is 0 Å². The van der Waals surface area contributed by atoms with Crippen molar-refractivity contribution in [3.8, 4) is 0 Å². The lowest BCUT2D eigenvalue weighted by molar-refractivity contribution is 0.286. The van der Waals surface area contributed by atoms with Gasteiger partial charge in [-0.05, 0) is 0 Å². The van der Waals surface area contributed by atoms with Crippen molar-refractivity contribution >= 4 is 20.8 Å². The standard InChI is InChI=1S/C2H6O4S.CH4O4S/c1-5-7(3,4)6-2;1-5-6(2,3)4/h1-2H3;1H3,(H,2,3,4). The van der Waals surface area contributed by atoms with Gasteiger partial charge in [0.05, 0.1) is 21.3 Å². The normalized spacial score (nSPS) is 11.7. The molecular weight excluding hydrogens is 228 g/mol. The molecule has 0 aliphatic carbocycles. The van der Waals surface area contributed by atoms with Crippen molar-refractivity contribution in [2.24, 2.45) is 0 Å². The summed E-state index contributed by atoms with van der Waals surface area (Å²) in [4.78, 5) is 0. The van der Waals surface area contributed by atoms with Crippen LogP contribution in [0.5, 0.6) is 0 Å². The van der Waals surface area contributed by atoms with Gasteiger partial charge < -0.3 is 0 Å². The second kappa shape index (κ2) is 6.23. The quantitative estimate of drug-likeness (QED) is 0.619. The fourth-order valence-corrected chi connectivity index (χ4v) is 0.204. The summed E-state index contributed by atoms with van der Waals surface area (Å²) in [6.45, 7) is 0. The van der Waals surface area contributed by atoms with Crippen LogP contribution in [0.2, 0.25) is 0 Å². The zero-order valence-electron chi connectivity index (χ0n) is 7.12. The number of hydrogen-bond acceptors (Lipinski definition) is 7. The molecule has 0 aromatic carbocycles. The van der Waals surface area contributed by atoms with E-state index in [9.17, 15) is 16.8 Å². The second-order valence-electron chi connectivity index (χ2n) is 1.34. The van der Waals surface area contributed by atoms with Crippen LogP contribution in [0.15, 0.2) is 0 Å². The van der Waals surface area contributed by atoms with Crippen molar-refractivity contribution in [3.05, 3.63) is 0 Å². The van der Waals surface area contributed by atoms with Crippen LogP contribution in [0.3, 0.4) is 0 Å². The third kappa shape index (κ3) is 14.6.